The quantitative estimate of drug-likeness (QED) is 0.439. The maximum absolute atomic E-state index is 8.90. The van der Waals surface area contributed by atoms with Crippen molar-refractivity contribution in [3.8, 4) is 6.07 Å². The Morgan fingerprint density at radius 1 is 1.24 bits per heavy atom. The molecule has 1 aromatic heterocycles. The number of hydrazone groups is 1. The maximum Gasteiger partial charge on any atom is 0.168 e. The van der Waals surface area contributed by atoms with Crippen LogP contribution in [0.5, 0.6) is 0 Å². The lowest BCUT2D eigenvalue weighted by molar-refractivity contribution is 1.22. The average Bonchev–Trinajstić information content (AvgIpc) is 2.46. The van der Waals surface area contributed by atoms with Gasteiger partial charge >= 0.3 is 0 Å². The lowest BCUT2D eigenvalue weighted by Gasteiger charge is -2.06. The van der Waals surface area contributed by atoms with Gasteiger partial charge in [0, 0.05) is 10.0 Å². The van der Waals surface area contributed by atoms with Crippen LogP contribution in [0.3, 0.4) is 0 Å². The molecular weight excluding hydrogens is 398 g/mol. The number of nitriles is 1. The van der Waals surface area contributed by atoms with E-state index >= 15 is 0 Å². The number of halogens is 4. The Morgan fingerprint density at radius 3 is 2.62 bits per heavy atom. The van der Waals surface area contributed by atoms with Crippen molar-refractivity contribution < 1.29 is 0 Å². The number of rotatable bonds is 3. The molecular formula is C13H6BrCl3N4. The summed E-state index contributed by atoms with van der Waals surface area (Å²) in [5.74, 6) is 0.175. The molecule has 8 heteroatoms. The summed E-state index contributed by atoms with van der Waals surface area (Å²) < 4.78 is 0.894. The van der Waals surface area contributed by atoms with Crippen LogP contribution in [0.1, 0.15) is 11.1 Å². The van der Waals surface area contributed by atoms with Crippen molar-refractivity contribution >= 4 is 62.8 Å². The molecule has 1 aromatic carbocycles. The summed E-state index contributed by atoms with van der Waals surface area (Å²) in [6.07, 6.45) is 1.59. The van der Waals surface area contributed by atoms with E-state index < -0.39 is 0 Å². The molecule has 106 valence electrons. The third-order valence-electron chi connectivity index (χ3n) is 2.43. The Morgan fingerprint density at radius 2 is 1.95 bits per heavy atom. The molecule has 0 bridgehead atoms. The van der Waals surface area contributed by atoms with Gasteiger partial charge in [-0.3, -0.25) is 5.43 Å². The zero-order chi connectivity index (χ0) is 15.4. The molecule has 0 unspecified atom stereocenters. The fourth-order valence-electron chi connectivity index (χ4n) is 1.42. The molecule has 1 heterocycles. The fourth-order valence-corrected chi connectivity index (χ4v) is 2.48. The molecule has 0 radical (unpaired) electrons. The van der Waals surface area contributed by atoms with E-state index in [0.717, 1.165) is 10.0 Å². The minimum atomic E-state index is -0.0366. The number of nitrogens with zero attached hydrogens (tertiary/aromatic N) is 3. The number of nitrogens with one attached hydrogen (secondary N) is 1. The van der Waals surface area contributed by atoms with Gasteiger partial charge in [-0.25, -0.2) is 4.98 Å². The highest BCUT2D eigenvalue weighted by atomic mass is 79.9. The smallest absolute Gasteiger partial charge is 0.168 e. The summed E-state index contributed by atoms with van der Waals surface area (Å²) in [7, 11) is 0. The van der Waals surface area contributed by atoms with E-state index in [1.807, 2.05) is 30.3 Å². The molecule has 0 saturated heterocycles. The summed E-state index contributed by atoms with van der Waals surface area (Å²) in [5.41, 5.74) is 3.55. The summed E-state index contributed by atoms with van der Waals surface area (Å²) in [5, 5.41) is 13.0. The molecule has 0 aliphatic rings. The van der Waals surface area contributed by atoms with Gasteiger partial charge in [0.15, 0.2) is 11.0 Å². The first-order valence-corrected chi connectivity index (χ1v) is 7.45. The molecule has 2 aromatic rings. The second kappa shape index (κ2) is 7.10. The molecule has 21 heavy (non-hydrogen) atoms. The largest absolute Gasteiger partial charge is 0.260 e. The molecule has 0 fully saturated rings. The van der Waals surface area contributed by atoms with Gasteiger partial charge in [0.2, 0.25) is 0 Å². The SMILES string of the molecule is N#Cc1c(Cl)nc(N/N=C\c2ccccc2Br)c(Cl)c1Cl. The first-order valence-electron chi connectivity index (χ1n) is 5.52. The Labute approximate surface area is 144 Å². The topological polar surface area (TPSA) is 61.1 Å². The summed E-state index contributed by atoms with van der Waals surface area (Å²) in [4.78, 5) is 3.95. The third kappa shape index (κ3) is 3.66. The van der Waals surface area contributed by atoms with Crippen LogP contribution in [0, 0.1) is 11.3 Å². The zero-order valence-electron chi connectivity index (χ0n) is 10.2. The van der Waals surface area contributed by atoms with Gasteiger partial charge in [-0.1, -0.05) is 68.9 Å². The summed E-state index contributed by atoms with van der Waals surface area (Å²) in [6.45, 7) is 0. The normalized spacial score (nSPS) is 10.6. The van der Waals surface area contributed by atoms with Gasteiger partial charge < -0.3 is 0 Å². The molecule has 0 aliphatic heterocycles. The first-order chi connectivity index (χ1) is 10.0. The van der Waals surface area contributed by atoms with Crippen LogP contribution in [0.2, 0.25) is 15.2 Å². The lowest BCUT2D eigenvalue weighted by Crippen LogP contribution is -1.98. The average molecular weight is 404 g/mol. The molecule has 0 amide bonds. The maximum atomic E-state index is 8.90. The molecule has 0 aliphatic carbocycles. The van der Waals surface area contributed by atoms with Crippen molar-refractivity contribution in [1.29, 1.82) is 5.26 Å². The molecule has 0 spiro atoms. The van der Waals surface area contributed by atoms with E-state index in [1.54, 1.807) is 6.21 Å². The summed E-state index contributed by atoms with van der Waals surface area (Å²) >= 11 is 21.2. The van der Waals surface area contributed by atoms with Gasteiger partial charge in [-0.15, -0.1) is 0 Å². The summed E-state index contributed by atoms with van der Waals surface area (Å²) in [6, 6.07) is 9.38. The molecule has 1 N–H and O–H groups in total. The first kappa shape index (κ1) is 16.1. The highest BCUT2D eigenvalue weighted by Crippen LogP contribution is 2.34. The third-order valence-corrected chi connectivity index (χ3v) is 4.27. The number of hydrogen-bond donors (Lipinski definition) is 1. The Hall–Kier alpha value is -1.32. The Bertz CT molecular complexity index is 756. The lowest BCUT2D eigenvalue weighted by atomic mass is 10.2. The Kier molecular flexibility index (Phi) is 5.43. The number of anilines is 1. The van der Waals surface area contributed by atoms with Gasteiger partial charge in [-0.2, -0.15) is 10.4 Å². The highest BCUT2D eigenvalue weighted by molar-refractivity contribution is 9.10. The van der Waals surface area contributed by atoms with Crippen LogP contribution in [0.25, 0.3) is 0 Å². The van der Waals surface area contributed by atoms with Crippen molar-refractivity contribution in [3.05, 3.63) is 55.1 Å². The van der Waals surface area contributed by atoms with Crippen LogP contribution >= 0.6 is 50.7 Å². The van der Waals surface area contributed by atoms with Crippen LogP contribution in [-0.4, -0.2) is 11.2 Å². The zero-order valence-corrected chi connectivity index (χ0v) is 14.1. The van der Waals surface area contributed by atoms with E-state index in [1.165, 1.54) is 0 Å². The standard InChI is InChI=1S/C13H6BrCl3N4/c14-9-4-2-1-3-7(9)6-19-21-13-11(16)10(15)8(5-18)12(17)20-13/h1-4,6H,(H,20,21)/b19-6-. The van der Waals surface area contributed by atoms with Crippen molar-refractivity contribution in [3.63, 3.8) is 0 Å². The van der Waals surface area contributed by atoms with Crippen molar-refractivity contribution in [2.75, 3.05) is 5.43 Å². The van der Waals surface area contributed by atoms with E-state index in [4.69, 9.17) is 40.1 Å². The molecule has 2 rings (SSSR count). The molecule has 4 nitrogen and oxygen atoms in total. The fraction of sp³-hybridized carbons (Fsp3) is 0. The van der Waals surface area contributed by atoms with Gasteiger partial charge in [0.05, 0.1) is 11.2 Å². The van der Waals surface area contributed by atoms with Gasteiger partial charge in [0.1, 0.15) is 16.7 Å². The van der Waals surface area contributed by atoms with Crippen LogP contribution in [0.15, 0.2) is 33.8 Å². The Balaban J connectivity index is 2.26. The van der Waals surface area contributed by atoms with E-state index in [0.29, 0.717) is 0 Å². The number of pyridine rings is 1. The van der Waals surface area contributed by atoms with Crippen molar-refractivity contribution in [2.45, 2.75) is 0 Å². The van der Waals surface area contributed by atoms with E-state index in [9.17, 15) is 0 Å². The molecule has 0 saturated carbocycles. The number of aromatic nitrogens is 1. The van der Waals surface area contributed by atoms with Crippen LogP contribution in [0.4, 0.5) is 5.82 Å². The minimum absolute atomic E-state index is 0.0312. The second-order valence-corrected chi connectivity index (χ2v) is 5.73. The van der Waals surface area contributed by atoms with Crippen molar-refractivity contribution in [2.24, 2.45) is 5.10 Å². The number of hydrogen-bond acceptors (Lipinski definition) is 4. The predicted octanol–water partition coefficient (Wildman–Crippen LogP) is 5.12. The van der Waals surface area contributed by atoms with Crippen LogP contribution in [-0.2, 0) is 0 Å². The van der Waals surface area contributed by atoms with Crippen LogP contribution < -0.4 is 5.43 Å². The molecule has 0 atom stereocenters. The van der Waals surface area contributed by atoms with Crippen molar-refractivity contribution in [1.82, 2.24) is 4.98 Å². The predicted molar refractivity (Wildman–Crippen MR) is 89.3 cm³/mol. The van der Waals surface area contributed by atoms with Gasteiger partial charge in [0.25, 0.3) is 0 Å². The van der Waals surface area contributed by atoms with Gasteiger partial charge in [-0.05, 0) is 6.07 Å². The monoisotopic (exact) mass is 402 g/mol. The number of benzene rings is 1. The van der Waals surface area contributed by atoms with E-state index in [2.05, 4.69) is 31.4 Å². The minimum Gasteiger partial charge on any atom is -0.260 e. The van der Waals surface area contributed by atoms with E-state index in [-0.39, 0.29) is 26.6 Å². The highest BCUT2D eigenvalue weighted by Gasteiger charge is 2.15. The second-order valence-electron chi connectivity index (χ2n) is 3.76.